The summed E-state index contributed by atoms with van der Waals surface area (Å²) in [6.07, 6.45) is 6.72. The molecule has 0 unspecified atom stereocenters. The summed E-state index contributed by atoms with van der Waals surface area (Å²) in [5.74, 6) is 1.58. The standard InChI is InChI=1S/C13H19N3O/c1-14-12-6-5-11(9-16-12)13(17)15-8-7-10-3-2-4-10/h5-6,9-10H,2-4,7-8H2,1H3,(H,14,16)(H,15,17). The van der Waals surface area contributed by atoms with Crippen molar-refractivity contribution < 1.29 is 4.79 Å². The Balaban J connectivity index is 1.77. The van der Waals surface area contributed by atoms with E-state index in [1.807, 2.05) is 0 Å². The fraction of sp³-hybridized carbons (Fsp3) is 0.538. The number of pyridine rings is 1. The predicted molar refractivity (Wildman–Crippen MR) is 68.1 cm³/mol. The van der Waals surface area contributed by atoms with Crippen LogP contribution in [0.5, 0.6) is 0 Å². The maximum Gasteiger partial charge on any atom is 0.252 e. The molecule has 0 aliphatic heterocycles. The Morgan fingerprint density at radius 1 is 1.47 bits per heavy atom. The van der Waals surface area contributed by atoms with Gasteiger partial charge in [-0.15, -0.1) is 0 Å². The summed E-state index contributed by atoms with van der Waals surface area (Å²) >= 11 is 0. The Hall–Kier alpha value is -1.58. The first-order chi connectivity index (χ1) is 8.29. The molecular formula is C13H19N3O. The summed E-state index contributed by atoms with van der Waals surface area (Å²) in [6, 6.07) is 3.60. The number of anilines is 1. The molecule has 4 heteroatoms. The van der Waals surface area contributed by atoms with Gasteiger partial charge in [0, 0.05) is 19.8 Å². The molecule has 0 bridgehead atoms. The van der Waals surface area contributed by atoms with Crippen molar-refractivity contribution >= 4 is 11.7 Å². The van der Waals surface area contributed by atoms with Crippen LogP contribution in [-0.4, -0.2) is 24.5 Å². The van der Waals surface area contributed by atoms with Gasteiger partial charge in [-0.25, -0.2) is 4.98 Å². The lowest BCUT2D eigenvalue weighted by Crippen LogP contribution is -2.27. The van der Waals surface area contributed by atoms with Gasteiger partial charge in [-0.3, -0.25) is 4.79 Å². The van der Waals surface area contributed by atoms with Gasteiger partial charge in [0.25, 0.3) is 5.91 Å². The van der Waals surface area contributed by atoms with Crippen molar-refractivity contribution in [2.24, 2.45) is 5.92 Å². The quantitative estimate of drug-likeness (QED) is 0.818. The molecule has 1 aromatic heterocycles. The number of nitrogens with zero attached hydrogens (tertiary/aromatic N) is 1. The molecule has 0 spiro atoms. The molecule has 17 heavy (non-hydrogen) atoms. The SMILES string of the molecule is CNc1ccc(C(=O)NCCC2CCC2)cn1. The third kappa shape index (κ3) is 3.19. The normalized spacial score (nSPS) is 15.1. The van der Waals surface area contributed by atoms with Crippen LogP contribution in [0.25, 0.3) is 0 Å². The van der Waals surface area contributed by atoms with E-state index < -0.39 is 0 Å². The summed E-state index contributed by atoms with van der Waals surface area (Å²) in [5.41, 5.74) is 0.623. The predicted octanol–water partition coefficient (Wildman–Crippen LogP) is 2.04. The van der Waals surface area contributed by atoms with Crippen LogP contribution in [0.2, 0.25) is 0 Å². The number of hydrogen-bond donors (Lipinski definition) is 2. The van der Waals surface area contributed by atoms with Crippen molar-refractivity contribution in [3.63, 3.8) is 0 Å². The van der Waals surface area contributed by atoms with Crippen LogP contribution in [-0.2, 0) is 0 Å². The summed E-state index contributed by atoms with van der Waals surface area (Å²) in [5, 5.41) is 5.86. The lowest BCUT2D eigenvalue weighted by atomic mass is 9.83. The van der Waals surface area contributed by atoms with Gasteiger partial charge >= 0.3 is 0 Å². The molecule has 4 nitrogen and oxygen atoms in total. The summed E-state index contributed by atoms with van der Waals surface area (Å²) in [6.45, 7) is 0.775. The molecule has 1 aliphatic rings. The third-order valence-corrected chi connectivity index (χ3v) is 3.34. The monoisotopic (exact) mass is 233 g/mol. The number of rotatable bonds is 5. The largest absolute Gasteiger partial charge is 0.373 e. The van der Waals surface area contributed by atoms with Gasteiger partial charge in [-0.05, 0) is 24.5 Å². The van der Waals surface area contributed by atoms with E-state index in [9.17, 15) is 4.79 Å². The fourth-order valence-electron chi connectivity index (χ4n) is 1.95. The van der Waals surface area contributed by atoms with Crippen LogP contribution in [0.1, 0.15) is 36.0 Å². The third-order valence-electron chi connectivity index (χ3n) is 3.34. The number of amides is 1. The number of hydrogen-bond acceptors (Lipinski definition) is 3. The van der Waals surface area contributed by atoms with Crippen molar-refractivity contribution in [2.75, 3.05) is 18.9 Å². The Labute approximate surface area is 102 Å². The molecule has 1 amide bonds. The van der Waals surface area contributed by atoms with Gasteiger partial charge in [-0.1, -0.05) is 19.3 Å². The highest BCUT2D eigenvalue weighted by atomic mass is 16.1. The maximum atomic E-state index is 11.8. The Morgan fingerprint density at radius 2 is 2.29 bits per heavy atom. The molecule has 0 aromatic carbocycles. The van der Waals surface area contributed by atoms with Crippen LogP contribution in [0, 0.1) is 5.92 Å². The molecule has 1 fully saturated rings. The van der Waals surface area contributed by atoms with Crippen LogP contribution < -0.4 is 10.6 Å². The second kappa shape index (κ2) is 5.66. The number of aromatic nitrogens is 1. The summed E-state index contributed by atoms with van der Waals surface area (Å²) < 4.78 is 0. The van der Waals surface area contributed by atoms with E-state index >= 15 is 0 Å². The first-order valence-electron chi connectivity index (χ1n) is 6.21. The second-order valence-electron chi connectivity index (χ2n) is 4.52. The van der Waals surface area contributed by atoms with E-state index in [4.69, 9.17) is 0 Å². The van der Waals surface area contributed by atoms with Gasteiger partial charge in [0.1, 0.15) is 5.82 Å². The lowest BCUT2D eigenvalue weighted by molar-refractivity contribution is 0.0948. The summed E-state index contributed by atoms with van der Waals surface area (Å²) in [7, 11) is 1.81. The molecule has 1 saturated carbocycles. The molecule has 2 N–H and O–H groups in total. The molecule has 0 radical (unpaired) electrons. The average Bonchev–Trinajstić information content (AvgIpc) is 2.32. The average molecular weight is 233 g/mol. The van der Waals surface area contributed by atoms with E-state index in [0.29, 0.717) is 5.56 Å². The number of carbonyl (C=O) groups is 1. The second-order valence-corrected chi connectivity index (χ2v) is 4.52. The smallest absolute Gasteiger partial charge is 0.252 e. The van der Waals surface area contributed by atoms with E-state index in [2.05, 4.69) is 15.6 Å². The van der Waals surface area contributed by atoms with Gasteiger partial charge < -0.3 is 10.6 Å². The van der Waals surface area contributed by atoms with Gasteiger partial charge in [0.2, 0.25) is 0 Å². The number of carbonyl (C=O) groups excluding carboxylic acids is 1. The number of nitrogens with one attached hydrogen (secondary N) is 2. The topological polar surface area (TPSA) is 54.0 Å². The Morgan fingerprint density at radius 3 is 2.82 bits per heavy atom. The highest BCUT2D eigenvalue weighted by Gasteiger charge is 2.17. The highest BCUT2D eigenvalue weighted by Crippen LogP contribution is 2.28. The highest BCUT2D eigenvalue weighted by molar-refractivity contribution is 5.93. The van der Waals surface area contributed by atoms with Crippen molar-refractivity contribution in [3.05, 3.63) is 23.9 Å². The van der Waals surface area contributed by atoms with Crippen LogP contribution in [0.4, 0.5) is 5.82 Å². The molecule has 1 aromatic rings. The van der Waals surface area contributed by atoms with Crippen molar-refractivity contribution in [1.29, 1.82) is 0 Å². The van der Waals surface area contributed by atoms with E-state index in [1.165, 1.54) is 19.3 Å². The minimum absolute atomic E-state index is 0.0283. The minimum atomic E-state index is -0.0283. The van der Waals surface area contributed by atoms with Crippen LogP contribution in [0.15, 0.2) is 18.3 Å². The maximum absolute atomic E-state index is 11.8. The molecule has 1 heterocycles. The molecule has 2 rings (SSSR count). The van der Waals surface area contributed by atoms with Crippen LogP contribution in [0.3, 0.4) is 0 Å². The molecule has 0 saturated heterocycles. The zero-order valence-corrected chi connectivity index (χ0v) is 10.2. The van der Waals surface area contributed by atoms with E-state index in [-0.39, 0.29) is 5.91 Å². The molecule has 1 aliphatic carbocycles. The van der Waals surface area contributed by atoms with Gasteiger partial charge in [0.15, 0.2) is 0 Å². The van der Waals surface area contributed by atoms with Crippen molar-refractivity contribution in [2.45, 2.75) is 25.7 Å². The Bertz CT molecular complexity index is 371. The Kier molecular flexibility index (Phi) is 3.96. The minimum Gasteiger partial charge on any atom is -0.373 e. The summed E-state index contributed by atoms with van der Waals surface area (Å²) in [4.78, 5) is 15.9. The van der Waals surface area contributed by atoms with Gasteiger partial charge in [-0.2, -0.15) is 0 Å². The lowest BCUT2D eigenvalue weighted by Gasteiger charge is -2.25. The van der Waals surface area contributed by atoms with Crippen LogP contribution >= 0.6 is 0 Å². The van der Waals surface area contributed by atoms with E-state index in [1.54, 1.807) is 25.4 Å². The van der Waals surface area contributed by atoms with Crippen molar-refractivity contribution in [1.82, 2.24) is 10.3 Å². The first kappa shape index (κ1) is 11.9. The molecule has 0 atom stereocenters. The zero-order chi connectivity index (χ0) is 12.1. The molecular weight excluding hydrogens is 214 g/mol. The first-order valence-corrected chi connectivity index (χ1v) is 6.21. The van der Waals surface area contributed by atoms with Crippen molar-refractivity contribution in [3.8, 4) is 0 Å². The van der Waals surface area contributed by atoms with Gasteiger partial charge in [0.05, 0.1) is 5.56 Å². The van der Waals surface area contributed by atoms with E-state index in [0.717, 1.165) is 24.7 Å². The molecule has 92 valence electrons. The zero-order valence-electron chi connectivity index (χ0n) is 10.2. The fourth-order valence-corrected chi connectivity index (χ4v) is 1.95.